The van der Waals surface area contributed by atoms with Crippen molar-refractivity contribution in [3.63, 3.8) is 0 Å². The van der Waals surface area contributed by atoms with Crippen molar-refractivity contribution in [3.05, 3.63) is 18.2 Å². The highest BCUT2D eigenvalue weighted by Gasteiger charge is 2.26. The maximum Gasteiger partial charge on any atom is 0.238 e. The van der Waals surface area contributed by atoms with Crippen LogP contribution in [0.1, 0.15) is 33.1 Å². The van der Waals surface area contributed by atoms with Gasteiger partial charge in [-0.3, -0.25) is 9.69 Å². The summed E-state index contributed by atoms with van der Waals surface area (Å²) in [5.41, 5.74) is 0.643. The minimum absolute atomic E-state index is 0.0212. The predicted octanol–water partition coefficient (Wildman–Crippen LogP) is 2.91. The fraction of sp³-hybridized carbons (Fsp3) is 0.588. The maximum atomic E-state index is 12.4. The average molecular weight is 306 g/mol. The average Bonchev–Trinajstić information content (AvgIpc) is 2.51. The van der Waals surface area contributed by atoms with E-state index in [0.29, 0.717) is 35.8 Å². The Kier molecular flexibility index (Phi) is 5.66. The van der Waals surface area contributed by atoms with Gasteiger partial charge in [0.2, 0.25) is 5.91 Å². The van der Waals surface area contributed by atoms with E-state index < -0.39 is 0 Å². The van der Waals surface area contributed by atoms with Gasteiger partial charge in [0.15, 0.2) is 0 Å². The Morgan fingerprint density at radius 1 is 1.23 bits per heavy atom. The minimum atomic E-state index is -0.0212. The van der Waals surface area contributed by atoms with Gasteiger partial charge in [0, 0.05) is 18.2 Å². The maximum absolute atomic E-state index is 12.4. The summed E-state index contributed by atoms with van der Waals surface area (Å²) >= 11 is 0. The minimum Gasteiger partial charge on any atom is -0.497 e. The number of piperidine rings is 1. The zero-order valence-corrected chi connectivity index (χ0v) is 13.9. The number of nitrogens with one attached hydrogen (secondary N) is 1. The number of hydrogen-bond acceptors (Lipinski definition) is 4. The van der Waals surface area contributed by atoms with E-state index in [1.165, 1.54) is 6.42 Å². The first-order chi connectivity index (χ1) is 10.5. The number of amides is 1. The highest BCUT2D eigenvalue weighted by atomic mass is 16.5. The lowest BCUT2D eigenvalue weighted by Crippen LogP contribution is -2.47. The highest BCUT2D eigenvalue weighted by molar-refractivity contribution is 5.94. The van der Waals surface area contributed by atoms with E-state index in [0.717, 1.165) is 12.8 Å². The topological polar surface area (TPSA) is 50.8 Å². The molecule has 5 heteroatoms. The molecule has 1 amide bonds. The van der Waals surface area contributed by atoms with E-state index in [4.69, 9.17) is 9.47 Å². The van der Waals surface area contributed by atoms with Crippen molar-refractivity contribution in [2.75, 3.05) is 26.1 Å². The predicted molar refractivity (Wildman–Crippen MR) is 87.7 cm³/mol. The number of ether oxygens (including phenoxy) is 2. The number of carbonyl (C=O) groups is 1. The van der Waals surface area contributed by atoms with E-state index in [1.807, 2.05) is 6.07 Å². The standard InChI is InChI=1S/C17H26N2O3/c1-12-6-5-7-13(2)19(12)11-17(20)18-15-10-14(21-3)8-9-16(15)22-4/h8-10,12-13H,5-7,11H2,1-4H3,(H,18,20). The van der Waals surface area contributed by atoms with Gasteiger partial charge < -0.3 is 14.8 Å². The van der Waals surface area contributed by atoms with Gasteiger partial charge in [-0.1, -0.05) is 6.42 Å². The lowest BCUT2D eigenvalue weighted by atomic mass is 9.97. The van der Waals surface area contributed by atoms with Crippen LogP contribution in [0.15, 0.2) is 18.2 Å². The number of nitrogens with zero attached hydrogens (tertiary/aromatic N) is 1. The molecule has 0 aromatic heterocycles. The van der Waals surface area contributed by atoms with Crippen molar-refractivity contribution >= 4 is 11.6 Å². The molecule has 0 radical (unpaired) electrons. The third kappa shape index (κ3) is 3.91. The van der Waals surface area contributed by atoms with E-state index in [9.17, 15) is 4.79 Å². The summed E-state index contributed by atoms with van der Waals surface area (Å²) in [7, 11) is 3.19. The summed E-state index contributed by atoms with van der Waals surface area (Å²) in [6, 6.07) is 6.27. The molecule has 1 heterocycles. The molecule has 1 aromatic carbocycles. The lowest BCUT2D eigenvalue weighted by molar-refractivity contribution is -0.118. The van der Waals surface area contributed by atoms with E-state index >= 15 is 0 Å². The normalized spacial score (nSPS) is 22.2. The third-order valence-electron chi connectivity index (χ3n) is 4.38. The molecular weight excluding hydrogens is 280 g/mol. The molecule has 1 aliphatic heterocycles. The molecular formula is C17H26N2O3. The molecule has 2 rings (SSSR count). The van der Waals surface area contributed by atoms with Crippen LogP contribution in [0, 0.1) is 0 Å². The molecule has 22 heavy (non-hydrogen) atoms. The molecule has 1 fully saturated rings. The molecule has 0 spiro atoms. The SMILES string of the molecule is COc1ccc(OC)c(NC(=O)CN2C(C)CCCC2C)c1. The van der Waals surface area contributed by atoms with Crippen LogP contribution >= 0.6 is 0 Å². The Morgan fingerprint density at radius 3 is 2.50 bits per heavy atom. The van der Waals surface area contributed by atoms with Crippen molar-refractivity contribution < 1.29 is 14.3 Å². The zero-order valence-electron chi connectivity index (χ0n) is 13.9. The molecule has 1 saturated heterocycles. The summed E-state index contributed by atoms with van der Waals surface area (Å²) < 4.78 is 10.5. The van der Waals surface area contributed by atoms with Gasteiger partial charge in [0.05, 0.1) is 26.5 Å². The number of rotatable bonds is 5. The molecule has 2 unspecified atom stereocenters. The van der Waals surface area contributed by atoms with Crippen molar-refractivity contribution in [2.24, 2.45) is 0 Å². The van der Waals surface area contributed by atoms with Crippen molar-refractivity contribution in [3.8, 4) is 11.5 Å². The van der Waals surface area contributed by atoms with Crippen molar-refractivity contribution in [2.45, 2.75) is 45.2 Å². The number of benzene rings is 1. The van der Waals surface area contributed by atoms with E-state index in [-0.39, 0.29) is 5.91 Å². The smallest absolute Gasteiger partial charge is 0.238 e. The molecule has 0 saturated carbocycles. The molecule has 1 aromatic rings. The molecule has 1 aliphatic rings. The molecule has 0 aliphatic carbocycles. The van der Waals surface area contributed by atoms with Crippen LogP contribution in [0.2, 0.25) is 0 Å². The van der Waals surface area contributed by atoms with Crippen LogP contribution in [-0.2, 0) is 4.79 Å². The number of anilines is 1. The fourth-order valence-electron chi connectivity index (χ4n) is 3.05. The van der Waals surface area contributed by atoms with Crippen LogP contribution in [0.5, 0.6) is 11.5 Å². The van der Waals surface area contributed by atoms with Crippen LogP contribution in [-0.4, -0.2) is 43.7 Å². The second kappa shape index (κ2) is 7.49. The summed E-state index contributed by atoms with van der Waals surface area (Å²) in [5.74, 6) is 1.30. The highest BCUT2D eigenvalue weighted by Crippen LogP contribution is 2.29. The van der Waals surface area contributed by atoms with Crippen LogP contribution in [0.3, 0.4) is 0 Å². The Bertz CT molecular complexity index is 509. The van der Waals surface area contributed by atoms with Crippen LogP contribution in [0.4, 0.5) is 5.69 Å². The monoisotopic (exact) mass is 306 g/mol. The van der Waals surface area contributed by atoms with Gasteiger partial charge in [-0.15, -0.1) is 0 Å². The second-order valence-corrected chi connectivity index (χ2v) is 5.92. The number of likely N-dealkylation sites (tertiary alicyclic amines) is 1. The summed E-state index contributed by atoms with van der Waals surface area (Å²) in [6.45, 7) is 4.78. The zero-order chi connectivity index (χ0) is 16.1. The van der Waals surface area contributed by atoms with Crippen molar-refractivity contribution in [1.29, 1.82) is 0 Å². The Labute approximate surface area is 132 Å². The van der Waals surface area contributed by atoms with Gasteiger partial charge in [-0.2, -0.15) is 0 Å². The van der Waals surface area contributed by atoms with E-state index in [2.05, 4.69) is 24.1 Å². The number of carbonyl (C=O) groups excluding carboxylic acids is 1. The number of methoxy groups -OCH3 is 2. The van der Waals surface area contributed by atoms with Crippen LogP contribution in [0.25, 0.3) is 0 Å². The third-order valence-corrected chi connectivity index (χ3v) is 4.38. The van der Waals surface area contributed by atoms with Crippen LogP contribution < -0.4 is 14.8 Å². The Morgan fingerprint density at radius 2 is 1.91 bits per heavy atom. The van der Waals surface area contributed by atoms with Gasteiger partial charge in [-0.25, -0.2) is 0 Å². The summed E-state index contributed by atoms with van der Waals surface area (Å²) in [6.07, 6.45) is 3.55. The van der Waals surface area contributed by atoms with Gasteiger partial charge >= 0.3 is 0 Å². The molecule has 5 nitrogen and oxygen atoms in total. The fourth-order valence-corrected chi connectivity index (χ4v) is 3.05. The Hall–Kier alpha value is -1.75. The second-order valence-electron chi connectivity index (χ2n) is 5.92. The molecule has 0 bridgehead atoms. The Balaban J connectivity index is 2.05. The van der Waals surface area contributed by atoms with Gasteiger partial charge in [0.25, 0.3) is 0 Å². The van der Waals surface area contributed by atoms with E-state index in [1.54, 1.807) is 26.4 Å². The summed E-state index contributed by atoms with van der Waals surface area (Å²) in [4.78, 5) is 14.7. The first-order valence-electron chi connectivity index (χ1n) is 7.82. The molecule has 2 atom stereocenters. The van der Waals surface area contributed by atoms with Gasteiger partial charge in [-0.05, 0) is 38.8 Å². The molecule has 1 N–H and O–H groups in total. The quantitative estimate of drug-likeness (QED) is 0.909. The van der Waals surface area contributed by atoms with Gasteiger partial charge in [0.1, 0.15) is 11.5 Å². The number of hydrogen-bond donors (Lipinski definition) is 1. The first kappa shape index (κ1) is 16.6. The first-order valence-corrected chi connectivity index (χ1v) is 7.82. The van der Waals surface area contributed by atoms with Crippen molar-refractivity contribution in [1.82, 2.24) is 4.90 Å². The lowest BCUT2D eigenvalue weighted by Gasteiger charge is -2.38. The molecule has 122 valence electrons. The summed E-state index contributed by atoms with van der Waals surface area (Å²) in [5, 5.41) is 2.94. The largest absolute Gasteiger partial charge is 0.497 e.